The van der Waals surface area contributed by atoms with Crippen molar-refractivity contribution in [1.29, 1.82) is 0 Å². The fourth-order valence-corrected chi connectivity index (χ4v) is 4.47. The van der Waals surface area contributed by atoms with Crippen molar-refractivity contribution < 1.29 is 4.79 Å². The van der Waals surface area contributed by atoms with Gasteiger partial charge in [-0.15, -0.1) is 22.7 Å². The summed E-state index contributed by atoms with van der Waals surface area (Å²) < 4.78 is 0. The maximum Gasteiger partial charge on any atom is 0.231 e. The lowest BCUT2D eigenvalue weighted by Crippen LogP contribution is -2.33. The van der Waals surface area contributed by atoms with Crippen LogP contribution in [0.2, 0.25) is 0 Å². The van der Waals surface area contributed by atoms with E-state index in [1.807, 2.05) is 29.9 Å². The molecule has 0 aliphatic heterocycles. The molecule has 0 atom stereocenters. The van der Waals surface area contributed by atoms with Crippen molar-refractivity contribution in [3.8, 4) is 10.4 Å². The van der Waals surface area contributed by atoms with Gasteiger partial charge in [0, 0.05) is 34.3 Å². The van der Waals surface area contributed by atoms with Crippen LogP contribution in [-0.4, -0.2) is 10.9 Å². The van der Waals surface area contributed by atoms with Crippen molar-refractivity contribution in [2.24, 2.45) is 0 Å². The lowest BCUT2D eigenvalue weighted by Gasteiger charge is -2.14. The zero-order valence-corrected chi connectivity index (χ0v) is 14.1. The van der Waals surface area contributed by atoms with Gasteiger partial charge in [-0.25, -0.2) is 0 Å². The van der Waals surface area contributed by atoms with Crippen molar-refractivity contribution in [2.45, 2.75) is 24.8 Å². The zero-order valence-electron chi connectivity index (χ0n) is 12.5. The number of carbonyl (C=O) groups excluding carboxylic acids is 1. The molecule has 1 fully saturated rings. The number of thiophene rings is 2. The third-order valence-electron chi connectivity index (χ3n) is 4.23. The molecule has 4 rings (SSSR count). The molecule has 3 nitrogen and oxygen atoms in total. The predicted octanol–water partition coefficient (Wildman–Crippen LogP) is 4.22. The summed E-state index contributed by atoms with van der Waals surface area (Å²) in [7, 11) is 0. The molecular formula is C18H16N2OS2. The second-order valence-corrected chi connectivity index (χ2v) is 7.70. The number of nitrogens with zero attached hydrogens (tertiary/aromatic N) is 1. The first-order valence-corrected chi connectivity index (χ1v) is 9.34. The Hall–Kier alpha value is -1.98. The van der Waals surface area contributed by atoms with E-state index in [1.54, 1.807) is 22.7 Å². The number of nitrogens with one attached hydrogen (secondary N) is 1. The molecule has 0 spiro atoms. The Balaban J connectivity index is 1.46. The Morgan fingerprint density at radius 1 is 1.17 bits per heavy atom. The van der Waals surface area contributed by atoms with Crippen molar-refractivity contribution in [3.63, 3.8) is 0 Å². The minimum Gasteiger partial charge on any atom is -0.351 e. The van der Waals surface area contributed by atoms with Crippen LogP contribution < -0.4 is 5.32 Å². The largest absolute Gasteiger partial charge is 0.351 e. The molecule has 1 amide bonds. The van der Waals surface area contributed by atoms with E-state index in [9.17, 15) is 4.79 Å². The van der Waals surface area contributed by atoms with Crippen LogP contribution in [0.5, 0.6) is 0 Å². The molecule has 0 bridgehead atoms. The van der Waals surface area contributed by atoms with Gasteiger partial charge in [-0.3, -0.25) is 9.78 Å². The lowest BCUT2D eigenvalue weighted by molar-refractivity contribution is -0.123. The fraction of sp³-hybridized carbons (Fsp3) is 0.222. The topological polar surface area (TPSA) is 42.0 Å². The van der Waals surface area contributed by atoms with E-state index in [4.69, 9.17) is 0 Å². The molecule has 23 heavy (non-hydrogen) atoms. The maximum atomic E-state index is 12.6. The molecule has 1 aliphatic carbocycles. The fourth-order valence-electron chi connectivity index (χ4n) is 2.77. The van der Waals surface area contributed by atoms with Crippen LogP contribution in [0.1, 0.15) is 23.3 Å². The van der Waals surface area contributed by atoms with Gasteiger partial charge in [-0.05, 0) is 47.4 Å². The molecule has 1 N–H and O–H groups in total. The first kappa shape index (κ1) is 14.6. The van der Waals surface area contributed by atoms with Crippen molar-refractivity contribution in [1.82, 2.24) is 10.3 Å². The van der Waals surface area contributed by atoms with E-state index in [-0.39, 0.29) is 11.3 Å². The van der Waals surface area contributed by atoms with Crippen LogP contribution in [0, 0.1) is 0 Å². The van der Waals surface area contributed by atoms with Crippen molar-refractivity contribution >= 4 is 28.6 Å². The van der Waals surface area contributed by atoms with Crippen LogP contribution in [0.25, 0.3) is 10.4 Å². The third kappa shape index (κ3) is 2.82. The molecule has 0 aromatic carbocycles. The summed E-state index contributed by atoms with van der Waals surface area (Å²) in [6.07, 6.45) is 5.59. The third-order valence-corrected chi connectivity index (χ3v) is 6.22. The van der Waals surface area contributed by atoms with Gasteiger partial charge in [-0.2, -0.15) is 0 Å². The molecule has 0 saturated heterocycles. The minimum absolute atomic E-state index is 0.140. The van der Waals surface area contributed by atoms with Gasteiger partial charge in [0.25, 0.3) is 0 Å². The highest BCUT2D eigenvalue weighted by molar-refractivity contribution is 7.13. The van der Waals surface area contributed by atoms with Crippen molar-refractivity contribution in [2.75, 3.05) is 0 Å². The van der Waals surface area contributed by atoms with Gasteiger partial charge in [0.05, 0.1) is 5.41 Å². The average Bonchev–Trinajstić information content (AvgIpc) is 3.02. The number of hydrogen-bond acceptors (Lipinski definition) is 4. The average molecular weight is 340 g/mol. The molecule has 5 heteroatoms. The summed E-state index contributed by atoms with van der Waals surface area (Å²) in [5, 5.41) is 7.19. The number of rotatable bonds is 5. The molecule has 116 valence electrons. The summed E-state index contributed by atoms with van der Waals surface area (Å²) in [4.78, 5) is 19.3. The molecule has 3 aromatic rings. The summed E-state index contributed by atoms with van der Waals surface area (Å²) in [6, 6.07) is 10.3. The van der Waals surface area contributed by atoms with Crippen LogP contribution in [0.15, 0.2) is 53.5 Å². The SMILES string of the molecule is O=C(NCc1cncc(-c2cccs2)c1)C1(c2cccs2)CC1. The quantitative estimate of drug-likeness (QED) is 0.755. The molecule has 1 aliphatic rings. The van der Waals surface area contributed by atoms with Gasteiger partial charge in [-0.1, -0.05) is 12.1 Å². The Bertz CT molecular complexity index is 805. The Morgan fingerprint density at radius 3 is 2.70 bits per heavy atom. The summed E-state index contributed by atoms with van der Waals surface area (Å²) in [5.74, 6) is 0.140. The monoisotopic (exact) mass is 340 g/mol. The van der Waals surface area contributed by atoms with Crippen LogP contribution in [0.3, 0.4) is 0 Å². The lowest BCUT2D eigenvalue weighted by atomic mass is 10.0. The van der Waals surface area contributed by atoms with Crippen LogP contribution in [-0.2, 0) is 16.8 Å². The number of amides is 1. The van der Waals surface area contributed by atoms with E-state index in [0.29, 0.717) is 6.54 Å². The molecule has 0 unspecified atom stereocenters. The molecule has 1 saturated carbocycles. The molecule has 3 aromatic heterocycles. The van der Waals surface area contributed by atoms with Crippen molar-refractivity contribution in [3.05, 3.63) is 63.9 Å². The standard InChI is InChI=1S/C18H16N2OS2/c21-17(18(5-6-18)16-4-2-8-23-16)20-11-13-9-14(12-19-10-13)15-3-1-7-22-15/h1-4,7-10,12H,5-6,11H2,(H,20,21). The highest BCUT2D eigenvalue weighted by Crippen LogP contribution is 2.50. The van der Waals surface area contributed by atoms with E-state index in [0.717, 1.165) is 24.0 Å². The molecule has 0 radical (unpaired) electrons. The number of carbonyl (C=O) groups is 1. The van der Waals surface area contributed by atoms with E-state index >= 15 is 0 Å². The number of pyridine rings is 1. The van der Waals surface area contributed by atoms with E-state index in [2.05, 4.69) is 33.9 Å². The Labute approximate surface area is 143 Å². The van der Waals surface area contributed by atoms with Gasteiger partial charge < -0.3 is 5.32 Å². The number of aromatic nitrogens is 1. The van der Waals surface area contributed by atoms with Gasteiger partial charge in [0.1, 0.15) is 0 Å². The number of hydrogen-bond donors (Lipinski definition) is 1. The molecule has 3 heterocycles. The van der Waals surface area contributed by atoms with Gasteiger partial charge >= 0.3 is 0 Å². The first-order valence-electron chi connectivity index (χ1n) is 7.58. The summed E-state index contributed by atoms with van der Waals surface area (Å²) >= 11 is 3.37. The van der Waals surface area contributed by atoms with Crippen LogP contribution >= 0.6 is 22.7 Å². The smallest absolute Gasteiger partial charge is 0.231 e. The minimum atomic E-state index is -0.271. The van der Waals surface area contributed by atoms with E-state index in [1.165, 1.54) is 9.75 Å². The first-order chi connectivity index (χ1) is 11.3. The highest BCUT2D eigenvalue weighted by atomic mass is 32.1. The van der Waals surface area contributed by atoms with E-state index < -0.39 is 0 Å². The second kappa shape index (κ2) is 5.91. The normalized spacial score (nSPS) is 15.3. The summed E-state index contributed by atoms with van der Waals surface area (Å²) in [5.41, 5.74) is 1.87. The zero-order chi connectivity index (χ0) is 15.7. The van der Waals surface area contributed by atoms with Crippen LogP contribution in [0.4, 0.5) is 0 Å². The van der Waals surface area contributed by atoms with Gasteiger partial charge in [0.2, 0.25) is 5.91 Å². The highest BCUT2D eigenvalue weighted by Gasteiger charge is 2.51. The predicted molar refractivity (Wildman–Crippen MR) is 94.6 cm³/mol. The Morgan fingerprint density at radius 2 is 2.00 bits per heavy atom. The molecular weight excluding hydrogens is 324 g/mol. The maximum absolute atomic E-state index is 12.6. The summed E-state index contributed by atoms with van der Waals surface area (Å²) in [6.45, 7) is 0.526. The Kier molecular flexibility index (Phi) is 3.75. The van der Waals surface area contributed by atoms with Gasteiger partial charge in [0.15, 0.2) is 0 Å². The second-order valence-electron chi connectivity index (χ2n) is 5.80.